The van der Waals surface area contributed by atoms with E-state index in [2.05, 4.69) is 20.7 Å². The standard InChI is InChI=1S/C18H17N5O3/c24-16(19-11-17(25)26-13-14-7-3-1-4-8-14)12-23-21-18(20-22-23)15-9-5-2-6-10-15/h1-10H,11-13H2,(H,19,24). The number of rotatable bonds is 7. The highest BCUT2D eigenvalue weighted by atomic mass is 16.5. The third-order valence-corrected chi connectivity index (χ3v) is 3.44. The minimum atomic E-state index is -0.515. The van der Waals surface area contributed by atoms with Crippen LogP contribution in [0.15, 0.2) is 60.7 Å². The molecule has 3 aromatic rings. The van der Waals surface area contributed by atoms with Crippen molar-refractivity contribution < 1.29 is 14.3 Å². The summed E-state index contributed by atoms with van der Waals surface area (Å²) < 4.78 is 5.09. The van der Waals surface area contributed by atoms with Gasteiger partial charge in [0.2, 0.25) is 11.7 Å². The minimum absolute atomic E-state index is 0.133. The van der Waals surface area contributed by atoms with Crippen molar-refractivity contribution in [1.82, 2.24) is 25.5 Å². The highest BCUT2D eigenvalue weighted by molar-refractivity contribution is 5.81. The number of carbonyl (C=O) groups is 2. The quantitative estimate of drug-likeness (QED) is 0.642. The van der Waals surface area contributed by atoms with Gasteiger partial charge in [0.05, 0.1) is 0 Å². The van der Waals surface area contributed by atoms with E-state index in [4.69, 9.17) is 4.74 Å². The molecule has 26 heavy (non-hydrogen) atoms. The zero-order valence-electron chi connectivity index (χ0n) is 13.9. The molecule has 0 bridgehead atoms. The van der Waals surface area contributed by atoms with Crippen LogP contribution in [0.4, 0.5) is 0 Å². The lowest BCUT2D eigenvalue weighted by atomic mass is 10.2. The van der Waals surface area contributed by atoms with Gasteiger partial charge in [0.15, 0.2) is 0 Å². The van der Waals surface area contributed by atoms with Crippen LogP contribution in [0.25, 0.3) is 11.4 Å². The van der Waals surface area contributed by atoms with Crippen LogP contribution in [0.3, 0.4) is 0 Å². The van der Waals surface area contributed by atoms with E-state index in [-0.39, 0.29) is 19.7 Å². The fraction of sp³-hybridized carbons (Fsp3) is 0.167. The number of ether oxygens (including phenoxy) is 1. The Morgan fingerprint density at radius 3 is 2.42 bits per heavy atom. The van der Waals surface area contributed by atoms with Crippen molar-refractivity contribution in [3.8, 4) is 11.4 Å². The van der Waals surface area contributed by atoms with Crippen molar-refractivity contribution in [3.05, 3.63) is 66.2 Å². The van der Waals surface area contributed by atoms with Gasteiger partial charge in [0.25, 0.3) is 0 Å². The van der Waals surface area contributed by atoms with Crippen LogP contribution in [-0.4, -0.2) is 38.6 Å². The molecule has 132 valence electrons. The molecule has 2 aromatic carbocycles. The number of hydrogen-bond donors (Lipinski definition) is 1. The molecule has 0 unspecified atom stereocenters. The highest BCUT2D eigenvalue weighted by Gasteiger charge is 2.11. The fourth-order valence-electron chi connectivity index (χ4n) is 2.16. The maximum Gasteiger partial charge on any atom is 0.325 e. The van der Waals surface area contributed by atoms with Gasteiger partial charge in [0, 0.05) is 5.56 Å². The first kappa shape index (κ1) is 17.3. The summed E-state index contributed by atoms with van der Waals surface area (Å²) in [7, 11) is 0. The Morgan fingerprint density at radius 1 is 1.00 bits per heavy atom. The Bertz CT molecular complexity index is 865. The number of carbonyl (C=O) groups excluding carboxylic acids is 2. The molecule has 0 aliphatic carbocycles. The molecule has 0 fully saturated rings. The number of nitrogens with one attached hydrogen (secondary N) is 1. The van der Waals surface area contributed by atoms with E-state index in [0.717, 1.165) is 11.1 Å². The number of aromatic nitrogens is 4. The van der Waals surface area contributed by atoms with Gasteiger partial charge < -0.3 is 10.1 Å². The van der Waals surface area contributed by atoms with Gasteiger partial charge in [-0.05, 0) is 10.8 Å². The molecule has 0 spiro atoms. The molecule has 1 aromatic heterocycles. The topological polar surface area (TPSA) is 99.0 Å². The summed E-state index contributed by atoms with van der Waals surface area (Å²) in [5.74, 6) is -0.488. The molecule has 0 aliphatic rings. The number of nitrogens with zero attached hydrogens (tertiary/aromatic N) is 4. The monoisotopic (exact) mass is 351 g/mol. The first-order valence-electron chi connectivity index (χ1n) is 8.00. The molecule has 1 heterocycles. The summed E-state index contributed by atoms with van der Waals surface area (Å²) in [6.07, 6.45) is 0. The van der Waals surface area contributed by atoms with Gasteiger partial charge >= 0.3 is 5.97 Å². The van der Waals surface area contributed by atoms with Crippen molar-refractivity contribution in [1.29, 1.82) is 0 Å². The number of esters is 1. The van der Waals surface area contributed by atoms with E-state index >= 15 is 0 Å². The molecule has 0 saturated heterocycles. The van der Waals surface area contributed by atoms with Crippen molar-refractivity contribution in [2.75, 3.05) is 6.54 Å². The average Bonchev–Trinajstić information content (AvgIpc) is 3.15. The van der Waals surface area contributed by atoms with Crippen LogP contribution in [0.2, 0.25) is 0 Å². The minimum Gasteiger partial charge on any atom is -0.460 e. The van der Waals surface area contributed by atoms with Gasteiger partial charge in [-0.1, -0.05) is 60.7 Å². The molecule has 3 rings (SSSR count). The van der Waals surface area contributed by atoms with Crippen molar-refractivity contribution in [2.24, 2.45) is 0 Å². The second-order valence-corrected chi connectivity index (χ2v) is 5.43. The van der Waals surface area contributed by atoms with Crippen LogP contribution in [0.1, 0.15) is 5.56 Å². The number of benzene rings is 2. The smallest absolute Gasteiger partial charge is 0.325 e. The van der Waals surface area contributed by atoms with Crippen LogP contribution < -0.4 is 5.32 Å². The molecular weight excluding hydrogens is 334 g/mol. The summed E-state index contributed by atoms with van der Waals surface area (Å²) in [5.41, 5.74) is 1.69. The van der Waals surface area contributed by atoms with Gasteiger partial charge in [-0.3, -0.25) is 9.59 Å². The van der Waals surface area contributed by atoms with E-state index in [9.17, 15) is 9.59 Å². The Balaban J connectivity index is 1.43. The van der Waals surface area contributed by atoms with Gasteiger partial charge in [-0.25, -0.2) is 0 Å². The molecule has 0 aliphatic heterocycles. The van der Waals surface area contributed by atoms with E-state index in [1.807, 2.05) is 60.7 Å². The SMILES string of the molecule is O=C(Cn1nnc(-c2ccccc2)n1)NCC(=O)OCc1ccccc1. The highest BCUT2D eigenvalue weighted by Crippen LogP contribution is 2.11. The zero-order chi connectivity index (χ0) is 18.2. The van der Waals surface area contributed by atoms with Gasteiger partial charge in [0.1, 0.15) is 19.7 Å². The van der Waals surface area contributed by atoms with Gasteiger partial charge in [-0.15, -0.1) is 10.2 Å². The van der Waals surface area contributed by atoms with Crippen LogP contribution >= 0.6 is 0 Å². The third-order valence-electron chi connectivity index (χ3n) is 3.44. The summed E-state index contributed by atoms with van der Waals surface area (Å²) in [4.78, 5) is 24.7. The zero-order valence-corrected chi connectivity index (χ0v) is 13.9. The summed E-state index contributed by atoms with van der Waals surface area (Å²) in [6.45, 7) is -0.182. The van der Waals surface area contributed by atoms with E-state index in [1.165, 1.54) is 4.80 Å². The predicted octanol–water partition coefficient (Wildman–Crippen LogP) is 1.20. The van der Waals surface area contributed by atoms with Crippen LogP contribution in [0, 0.1) is 0 Å². The van der Waals surface area contributed by atoms with E-state index in [0.29, 0.717) is 5.82 Å². The summed E-state index contributed by atoms with van der Waals surface area (Å²) in [6, 6.07) is 18.6. The number of amides is 1. The Kier molecular flexibility index (Phi) is 5.66. The lowest BCUT2D eigenvalue weighted by Gasteiger charge is -2.06. The van der Waals surface area contributed by atoms with Gasteiger partial charge in [-0.2, -0.15) is 4.80 Å². The Morgan fingerprint density at radius 2 is 1.69 bits per heavy atom. The number of tetrazole rings is 1. The molecule has 1 N–H and O–H groups in total. The Hall–Kier alpha value is -3.55. The van der Waals surface area contributed by atoms with Crippen LogP contribution in [-0.2, 0) is 27.5 Å². The van der Waals surface area contributed by atoms with E-state index in [1.54, 1.807) is 0 Å². The normalized spacial score (nSPS) is 10.3. The Labute approximate surface area is 149 Å². The summed E-state index contributed by atoms with van der Waals surface area (Å²) >= 11 is 0. The fourth-order valence-corrected chi connectivity index (χ4v) is 2.16. The molecule has 0 saturated carbocycles. The van der Waals surface area contributed by atoms with E-state index < -0.39 is 11.9 Å². The molecule has 0 radical (unpaired) electrons. The molecule has 1 amide bonds. The van der Waals surface area contributed by atoms with Crippen LogP contribution in [0.5, 0.6) is 0 Å². The lowest BCUT2D eigenvalue weighted by Crippen LogP contribution is -2.33. The summed E-state index contributed by atoms with van der Waals surface area (Å²) in [5, 5.41) is 14.4. The molecule has 0 atom stereocenters. The van der Waals surface area contributed by atoms with Crippen molar-refractivity contribution in [2.45, 2.75) is 13.2 Å². The number of hydrogen-bond acceptors (Lipinski definition) is 6. The largest absolute Gasteiger partial charge is 0.460 e. The maximum absolute atomic E-state index is 11.9. The van der Waals surface area contributed by atoms with Crippen molar-refractivity contribution in [3.63, 3.8) is 0 Å². The second-order valence-electron chi connectivity index (χ2n) is 5.43. The predicted molar refractivity (Wildman–Crippen MR) is 92.5 cm³/mol. The molecule has 8 heteroatoms. The lowest BCUT2D eigenvalue weighted by molar-refractivity contribution is -0.145. The third kappa shape index (κ3) is 4.97. The maximum atomic E-state index is 11.9. The average molecular weight is 351 g/mol. The molecule has 8 nitrogen and oxygen atoms in total. The molecular formula is C18H17N5O3. The van der Waals surface area contributed by atoms with Crippen molar-refractivity contribution >= 4 is 11.9 Å². The second kappa shape index (κ2) is 8.52. The first-order chi connectivity index (χ1) is 12.7. The first-order valence-corrected chi connectivity index (χ1v) is 8.00.